The third-order valence-electron chi connectivity index (χ3n) is 1.34. The molecule has 0 bridgehead atoms. The van der Waals surface area contributed by atoms with Crippen LogP contribution in [0.3, 0.4) is 0 Å². The lowest BCUT2D eigenvalue weighted by atomic mass is 10.3. The van der Waals surface area contributed by atoms with Gasteiger partial charge in [-0.2, -0.15) is 0 Å². The molecule has 0 N–H and O–H groups in total. The van der Waals surface area contributed by atoms with Crippen molar-refractivity contribution in [1.29, 1.82) is 0 Å². The largest absolute Gasteiger partial charge is 0.501 e. The van der Waals surface area contributed by atoms with E-state index in [0.29, 0.717) is 19.1 Å². The molecule has 0 aromatic heterocycles. The van der Waals surface area contributed by atoms with E-state index in [1.54, 1.807) is 12.3 Å². The Bertz CT molecular complexity index is 142. The molecule has 4 heteroatoms. The summed E-state index contributed by atoms with van der Waals surface area (Å²) in [5.41, 5.74) is 0. The lowest BCUT2D eigenvalue weighted by Gasteiger charge is -2.01. The quantitative estimate of drug-likeness (QED) is 0.339. The van der Waals surface area contributed by atoms with Crippen molar-refractivity contribution in [2.24, 2.45) is 0 Å². The van der Waals surface area contributed by atoms with E-state index in [4.69, 9.17) is 21.1 Å². The molecule has 0 aliphatic rings. The van der Waals surface area contributed by atoms with Crippen LogP contribution in [0.4, 0.5) is 4.39 Å². The summed E-state index contributed by atoms with van der Waals surface area (Å²) in [6.07, 6.45) is 7.86. The van der Waals surface area contributed by atoms with Crippen molar-refractivity contribution < 1.29 is 13.9 Å². The van der Waals surface area contributed by atoms with Gasteiger partial charge in [-0.1, -0.05) is 0 Å². The molecule has 0 amide bonds. The lowest BCUT2D eigenvalue weighted by molar-refractivity contribution is 0.204. The van der Waals surface area contributed by atoms with Crippen LogP contribution in [0.5, 0.6) is 0 Å². The summed E-state index contributed by atoms with van der Waals surface area (Å²) in [5.74, 6) is 0.469. The standard InChI is InChI=1S/C10H16ClFO2/c11-5-3-9-13-7-1-2-8-14-10-4-6-12/h3-4,9-10H,1-2,5-8H2. The average molecular weight is 223 g/mol. The lowest BCUT2D eigenvalue weighted by Crippen LogP contribution is -1.92. The molecule has 0 aromatic carbocycles. The zero-order chi connectivity index (χ0) is 10.5. The van der Waals surface area contributed by atoms with Crippen LogP contribution in [0.1, 0.15) is 12.8 Å². The molecule has 82 valence electrons. The predicted molar refractivity (Wildman–Crippen MR) is 56.1 cm³/mol. The van der Waals surface area contributed by atoms with Crippen molar-refractivity contribution in [3.05, 3.63) is 24.7 Å². The van der Waals surface area contributed by atoms with Gasteiger partial charge in [0.2, 0.25) is 0 Å². The summed E-state index contributed by atoms with van der Waals surface area (Å²) >= 11 is 5.39. The minimum Gasteiger partial charge on any atom is -0.501 e. The van der Waals surface area contributed by atoms with Crippen LogP contribution in [-0.4, -0.2) is 25.8 Å². The molecule has 0 fully saturated rings. The SMILES string of the molecule is FCC=COCCCCOC=CCCl. The Morgan fingerprint density at radius 1 is 1.00 bits per heavy atom. The van der Waals surface area contributed by atoms with E-state index in [1.165, 1.54) is 12.3 Å². The fourth-order valence-corrected chi connectivity index (χ4v) is 0.788. The number of ether oxygens (including phenoxy) is 2. The molecule has 0 atom stereocenters. The molecule has 0 saturated heterocycles. The van der Waals surface area contributed by atoms with Crippen molar-refractivity contribution in [3.63, 3.8) is 0 Å². The van der Waals surface area contributed by atoms with E-state index in [2.05, 4.69) is 0 Å². The summed E-state index contributed by atoms with van der Waals surface area (Å²) in [6, 6.07) is 0. The highest BCUT2D eigenvalue weighted by molar-refractivity contribution is 6.18. The van der Waals surface area contributed by atoms with Crippen molar-refractivity contribution in [3.8, 4) is 0 Å². The van der Waals surface area contributed by atoms with Gasteiger partial charge in [-0.05, 0) is 25.0 Å². The molecule has 0 unspecified atom stereocenters. The van der Waals surface area contributed by atoms with Gasteiger partial charge >= 0.3 is 0 Å². The number of alkyl halides is 2. The molecule has 0 heterocycles. The summed E-state index contributed by atoms with van der Waals surface area (Å²) in [6.45, 7) is 0.773. The van der Waals surface area contributed by atoms with E-state index in [-0.39, 0.29) is 0 Å². The van der Waals surface area contributed by atoms with Gasteiger partial charge in [0.05, 0.1) is 25.7 Å². The van der Waals surface area contributed by atoms with Gasteiger partial charge in [0.15, 0.2) is 0 Å². The number of hydrogen-bond acceptors (Lipinski definition) is 2. The molecule has 0 rings (SSSR count). The second-order valence-electron chi connectivity index (χ2n) is 2.50. The van der Waals surface area contributed by atoms with E-state index >= 15 is 0 Å². The van der Waals surface area contributed by atoms with Gasteiger partial charge in [0.1, 0.15) is 6.67 Å². The maximum absolute atomic E-state index is 11.5. The molecule has 0 saturated carbocycles. The maximum Gasteiger partial charge on any atom is 0.111 e. The molecule has 0 radical (unpaired) electrons. The molecule has 0 aliphatic heterocycles. The normalized spacial score (nSPS) is 11.3. The Balaban J connectivity index is 2.99. The Labute approximate surface area is 89.3 Å². The van der Waals surface area contributed by atoms with Gasteiger partial charge in [-0.3, -0.25) is 0 Å². The Morgan fingerprint density at radius 2 is 1.57 bits per heavy atom. The molecular formula is C10H16ClFO2. The first-order valence-corrected chi connectivity index (χ1v) is 5.10. The first kappa shape index (κ1) is 13.3. The first-order valence-electron chi connectivity index (χ1n) is 4.57. The van der Waals surface area contributed by atoms with Gasteiger partial charge < -0.3 is 9.47 Å². The van der Waals surface area contributed by atoms with Crippen LogP contribution in [0.2, 0.25) is 0 Å². The van der Waals surface area contributed by atoms with Crippen LogP contribution in [0.25, 0.3) is 0 Å². The molecule has 2 nitrogen and oxygen atoms in total. The number of halogens is 2. The van der Waals surface area contributed by atoms with E-state index in [9.17, 15) is 4.39 Å². The Morgan fingerprint density at radius 3 is 2.07 bits per heavy atom. The molecular weight excluding hydrogens is 207 g/mol. The third kappa shape index (κ3) is 11.3. The number of unbranched alkanes of at least 4 members (excludes halogenated alkanes) is 1. The monoisotopic (exact) mass is 222 g/mol. The van der Waals surface area contributed by atoms with Gasteiger partial charge in [0.25, 0.3) is 0 Å². The number of rotatable bonds is 9. The fourth-order valence-electron chi connectivity index (χ4n) is 0.716. The van der Waals surface area contributed by atoms with Gasteiger partial charge in [0, 0.05) is 5.88 Å². The smallest absolute Gasteiger partial charge is 0.111 e. The summed E-state index contributed by atoms with van der Waals surface area (Å²) in [5, 5.41) is 0. The Kier molecular flexibility index (Phi) is 11.7. The molecule has 0 aromatic rings. The zero-order valence-corrected chi connectivity index (χ0v) is 8.88. The van der Waals surface area contributed by atoms with Gasteiger partial charge in [-0.15, -0.1) is 11.6 Å². The molecule has 14 heavy (non-hydrogen) atoms. The first-order chi connectivity index (χ1) is 6.91. The molecule has 0 spiro atoms. The Hall–Kier alpha value is -0.700. The van der Waals surface area contributed by atoms with Gasteiger partial charge in [-0.25, -0.2) is 4.39 Å². The fraction of sp³-hybridized carbons (Fsp3) is 0.600. The predicted octanol–water partition coefficient (Wildman–Crippen LogP) is 3.04. The van der Waals surface area contributed by atoms with Crippen molar-refractivity contribution in [1.82, 2.24) is 0 Å². The summed E-state index contributed by atoms with van der Waals surface area (Å²) in [7, 11) is 0. The minimum atomic E-state index is -0.480. The highest BCUT2D eigenvalue weighted by Crippen LogP contribution is 1.93. The van der Waals surface area contributed by atoms with E-state index < -0.39 is 6.67 Å². The summed E-state index contributed by atoms with van der Waals surface area (Å²) < 4.78 is 21.6. The minimum absolute atomic E-state index is 0.469. The topological polar surface area (TPSA) is 18.5 Å². The number of allylic oxidation sites excluding steroid dienone is 2. The second-order valence-corrected chi connectivity index (χ2v) is 2.81. The maximum atomic E-state index is 11.5. The third-order valence-corrected chi connectivity index (χ3v) is 1.52. The van der Waals surface area contributed by atoms with Crippen LogP contribution >= 0.6 is 11.6 Å². The second kappa shape index (κ2) is 12.3. The average Bonchev–Trinajstić information content (AvgIpc) is 2.21. The van der Waals surface area contributed by atoms with Crippen LogP contribution < -0.4 is 0 Å². The van der Waals surface area contributed by atoms with Crippen LogP contribution in [-0.2, 0) is 9.47 Å². The molecule has 0 aliphatic carbocycles. The van der Waals surface area contributed by atoms with Crippen LogP contribution in [0, 0.1) is 0 Å². The summed E-state index contributed by atoms with van der Waals surface area (Å²) in [4.78, 5) is 0. The highest BCUT2D eigenvalue weighted by atomic mass is 35.5. The number of hydrogen-bond donors (Lipinski definition) is 0. The zero-order valence-electron chi connectivity index (χ0n) is 8.12. The van der Waals surface area contributed by atoms with Crippen molar-refractivity contribution in [2.75, 3.05) is 25.8 Å². The van der Waals surface area contributed by atoms with Crippen LogP contribution in [0.15, 0.2) is 24.7 Å². The van der Waals surface area contributed by atoms with Crippen molar-refractivity contribution in [2.45, 2.75) is 12.8 Å². The van der Waals surface area contributed by atoms with Crippen molar-refractivity contribution >= 4 is 11.6 Å². The van der Waals surface area contributed by atoms with E-state index in [1.807, 2.05) is 0 Å². The van der Waals surface area contributed by atoms with E-state index in [0.717, 1.165) is 12.8 Å². The highest BCUT2D eigenvalue weighted by Gasteiger charge is 1.86.